The Morgan fingerprint density at radius 2 is 1.79 bits per heavy atom. The molecule has 1 fully saturated rings. The van der Waals surface area contributed by atoms with Gasteiger partial charge in [0.1, 0.15) is 5.75 Å². The fraction of sp³-hybridized carbons (Fsp3) is 0.333. The maximum Gasteiger partial charge on any atom is 0.263 e. The van der Waals surface area contributed by atoms with Crippen LogP contribution in [0.4, 0.5) is 5.95 Å². The number of halogens is 1. The zero-order chi connectivity index (χ0) is 26.4. The summed E-state index contributed by atoms with van der Waals surface area (Å²) in [5.41, 5.74) is 10.4. The van der Waals surface area contributed by atoms with E-state index < -0.39 is 5.91 Å². The topological polar surface area (TPSA) is 146 Å². The number of anilines is 1. The molecule has 0 aliphatic carbocycles. The molecule has 0 spiro atoms. The van der Waals surface area contributed by atoms with Gasteiger partial charge in [0, 0.05) is 38.2 Å². The first-order chi connectivity index (χ1) is 17.9. The Hall–Kier alpha value is -3.91. The number of nitrogens with two attached hydrogens (primary N) is 1. The van der Waals surface area contributed by atoms with Gasteiger partial charge in [0.05, 0.1) is 29.5 Å². The SMILES string of the molecule is Cl.Cn1c(N2CCC(N)CC2)nc(-c2ccc(C#N)cc2)c(-c2ccc(OCCCC(=O)NO)cc2)c1=O. The first kappa shape index (κ1) is 28.7. The van der Waals surface area contributed by atoms with Crippen molar-refractivity contribution in [2.45, 2.75) is 31.7 Å². The smallest absolute Gasteiger partial charge is 0.263 e. The second-order valence-corrected chi connectivity index (χ2v) is 9.02. The van der Waals surface area contributed by atoms with Crippen molar-refractivity contribution < 1.29 is 14.7 Å². The number of rotatable bonds is 8. The number of nitriles is 1. The highest BCUT2D eigenvalue weighted by Gasteiger charge is 2.24. The normalized spacial score (nSPS) is 13.4. The lowest BCUT2D eigenvalue weighted by Crippen LogP contribution is -2.42. The predicted octanol–water partition coefficient (Wildman–Crippen LogP) is 3.00. The maximum atomic E-state index is 13.7. The summed E-state index contributed by atoms with van der Waals surface area (Å²) in [5, 5.41) is 17.8. The summed E-state index contributed by atoms with van der Waals surface area (Å²) < 4.78 is 7.26. The van der Waals surface area contributed by atoms with Gasteiger partial charge in [-0.05, 0) is 49.1 Å². The quantitative estimate of drug-likeness (QED) is 0.225. The monoisotopic (exact) mass is 538 g/mol. The zero-order valence-corrected chi connectivity index (χ0v) is 21.9. The van der Waals surface area contributed by atoms with Crippen molar-refractivity contribution in [1.29, 1.82) is 5.26 Å². The van der Waals surface area contributed by atoms with Crippen LogP contribution in [0.2, 0.25) is 0 Å². The van der Waals surface area contributed by atoms with Crippen LogP contribution < -0.4 is 26.4 Å². The van der Waals surface area contributed by atoms with E-state index in [1.165, 1.54) is 0 Å². The van der Waals surface area contributed by atoms with E-state index in [1.807, 2.05) is 0 Å². The van der Waals surface area contributed by atoms with Gasteiger partial charge in [-0.3, -0.25) is 19.4 Å². The highest BCUT2D eigenvalue weighted by Crippen LogP contribution is 2.31. The summed E-state index contributed by atoms with van der Waals surface area (Å²) in [6.45, 7) is 1.75. The molecule has 2 heterocycles. The van der Waals surface area contributed by atoms with Gasteiger partial charge in [0.2, 0.25) is 11.9 Å². The van der Waals surface area contributed by atoms with E-state index in [0.29, 0.717) is 47.1 Å². The molecule has 1 aliphatic rings. The maximum absolute atomic E-state index is 13.7. The number of hydroxylamine groups is 1. The lowest BCUT2D eigenvalue weighted by molar-refractivity contribution is -0.129. The van der Waals surface area contributed by atoms with Gasteiger partial charge in [-0.1, -0.05) is 24.3 Å². The predicted molar refractivity (Wildman–Crippen MR) is 146 cm³/mol. The Balaban J connectivity index is 0.00000400. The van der Waals surface area contributed by atoms with Gasteiger partial charge >= 0.3 is 0 Å². The van der Waals surface area contributed by atoms with Gasteiger partial charge < -0.3 is 15.4 Å². The highest BCUT2D eigenvalue weighted by molar-refractivity contribution is 5.85. The van der Waals surface area contributed by atoms with E-state index in [4.69, 9.17) is 20.7 Å². The number of ether oxygens (including phenoxy) is 1. The Morgan fingerprint density at radius 1 is 1.16 bits per heavy atom. The average molecular weight is 539 g/mol. The van der Waals surface area contributed by atoms with Gasteiger partial charge in [-0.15, -0.1) is 12.4 Å². The van der Waals surface area contributed by atoms with Crippen molar-refractivity contribution in [3.8, 4) is 34.2 Å². The third-order valence-electron chi connectivity index (χ3n) is 6.46. The number of nitrogens with one attached hydrogen (secondary N) is 1. The molecule has 3 aromatic rings. The molecule has 0 radical (unpaired) electrons. The summed E-state index contributed by atoms with van der Waals surface area (Å²) >= 11 is 0. The van der Waals surface area contributed by atoms with Crippen LogP contribution in [0, 0.1) is 11.3 Å². The van der Waals surface area contributed by atoms with Crippen molar-refractivity contribution in [3.63, 3.8) is 0 Å². The highest BCUT2D eigenvalue weighted by atomic mass is 35.5. The van der Waals surface area contributed by atoms with Gasteiger partial charge in [-0.25, -0.2) is 10.5 Å². The zero-order valence-electron chi connectivity index (χ0n) is 21.1. The minimum Gasteiger partial charge on any atom is -0.494 e. The van der Waals surface area contributed by atoms with E-state index >= 15 is 0 Å². The Bertz CT molecular complexity index is 1340. The molecule has 10 nitrogen and oxygen atoms in total. The number of carbonyl (C=O) groups is 1. The number of benzene rings is 2. The minimum atomic E-state index is -0.464. The molecule has 0 atom stereocenters. The van der Waals surface area contributed by atoms with Crippen LogP contribution >= 0.6 is 12.4 Å². The number of hydrogen-bond acceptors (Lipinski definition) is 8. The van der Waals surface area contributed by atoms with Crippen LogP contribution in [0.5, 0.6) is 5.75 Å². The van der Waals surface area contributed by atoms with Crippen molar-refractivity contribution in [2.24, 2.45) is 12.8 Å². The molecule has 200 valence electrons. The molecule has 1 aromatic heterocycles. The summed E-state index contributed by atoms with van der Waals surface area (Å²) in [6, 6.07) is 16.5. The molecule has 1 aliphatic heterocycles. The lowest BCUT2D eigenvalue weighted by atomic mass is 9.99. The van der Waals surface area contributed by atoms with E-state index in [0.717, 1.165) is 31.5 Å². The van der Waals surface area contributed by atoms with Crippen LogP contribution in [0.3, 0.4) is 0 Å². The number of carbonyl (C=O) groups excluding carboxylic acids is 1. The Labute approximate surface area is 227 Å². The molecule has 4 rings (SSSR count). The minimum absolute atomic E-state index is 0. The van der Waals surface area contributed by atoms with E-state index in [-0.39, 0.29) is 30.4 Å². The summed E-state index contributed by atoms with van der Waals surface area (Å²) in [5.74, 6) is 0.722. The third-order valence-corrected chi connectivity index (χ3v) is 6.46. The third kappa shape index (κ3) is 6.50. The van der Waals surface area contributed by atoms with E-state index in [2.05, 4.69) is 11.0 Å². The average Bonchev–Trinajstić information content (AvgIpc) is 2.93. The largest absolute Gasteiger partial charge is 0.494 e. The number of nitrogens with zero attached hydrogens (tertiary/aromatic N) is 4. The molecule has 38 heavy (non-hydrogen) atoms. The van der Waals surface area contributed by atoms with Gasteiger partial charge in [0.15, 0.2) is 0 Å². The van der Waals surface area contributed by atoms with Gasteiger partial charge in [0.25, 0.3) is 5.56 Å². The Kier molecular flexibility index (Phi) is 9.85. The standard InChI is InChI=1S/C27H30N6O4.ClH/c1-32-26(35)24(19-8-10-22(11-9-19)37-16-2-3-23(34)31-36)25(20-6-4-18(17-28)5-7-20)30-27(32)33-14-12-21(29)13-15-33;/h4-11,21,36H,2-3,12-16,29H2,1H3,(H,31,34);1H. The summed E-state index contributed by atoms with van der Waals surface area (Å²) in [7, 11) is 1.73. The second-order valence-electron chi connectivity index (χ2n) is 9.02. The van der Waals surface area contributed by atoms with E-state index in [9.17, 15) is 14.9 Å². The van der Waals surface area contributed by atoms with Crippen molar-refractivity contribution in [1.82, 2.24) is 15.0 Å². The fourth-order valence-electron chi connectivity index (χ4n) is 4.34. The van der Waals surface area contributed by atoms with Crippen LogP contribution in [0.1, 0.15) is 31.2 Å². The van der Waals surface area contributed by atoms with Crippen LogP contribution in [0.25, 0.3) is 22.4 Å². The van der Waals surface area contributed by atoms with Gasteiger partial charge in [-0.2, -0.15) is 5.26 Å². The molecule has 0 saturated carbocycles. The number of hydrogen-bond donors (Lipinski definition) is 3. The summed E-state index contributed by atoms with van der Waals surface area (Å²) in [6.07, 6.45) is 2.26. The lowest BCUT2D eigenvalue weighted by Gasteiger charge is -2.32. The molecular weight excluding hydrogens is 508 g/mol. The number of piperidine rings is 1. The first-order valence-electron chi connectivity index (χ1n) is 12.2. The van der Waals surface area contributed by atoms with Crippen LogP contribution in [-0.2, 0) is 11.8 Å². The molecule has 0 bridgehead atoms. The van der Waals surface area contributed by atoms with E-state index in [1.54, 1.807) is 65.6 Å². The van der Waals surface area contributed by atoms with Crippen LogP contribution in [0.15, 0.2) is 53.3 Å². The molecule has 1 saturated heterocycles. The van der Waals surface area contributed by atoms with Crippen molar-refractivity contribution >= 4 is 24.3 Å². The number of amides is 1. The van der Waals surface area contributed by atoms with Crippen molar-refractivity contribution in [2.75, 3.05) is 24.6 Å². The molecule has 0 unspecified atom stereocenters. The first-order valence-corrected chi connectivity index (χ1v) is 12.2. The Morgan fingerprint density at radius 3 is 2.39 bits per heavy atom. The van der Waals surface area contributed by atoms with Crippen LogP contribution in [-0.4, -0.2) is 46.4 Å². The molecule has 1 amide bonds. The number of aromatic nitrogens is 2. The summed E-state index contributed by atoms with van der Waals surface area (Å²) in [4.78, 5) is 31.9. The fourth-order valence-corrected chi connectivity index (χ4v) is 4.34. The molecule has 4 N–H and O–H groups in total. The molecule has 11 heteroatoms. The second kappa shape index (κ2) is 13.1. The molecule has 2 aromatic carbocycles. The molecular formula is C27H31ClN6O4. The van der Waals surface area contributed by atoms with Crippen molar-refractivity contribution in [3.05, 3.63) is 64.4 Å².